The summed E-state index contributed by atoms with van der Waals surface area (Å²) in [6.07, 6.45) is 3.69. The van der Waals surface area contributed by atoms with Gasteiger partial charge in [-0.25, -0.2) is 4.68 Å². The van der Waals surface area contributed by atoms with Gasteiger partial charge in [0.25, 0.3) is 0 Å². The molecular formula is C9H10IN5. The number of halogens is 1. The van der Waals surface area contributed by atoms with Crippen LogP contribution in [-0.2, 0) is 6.54 Å². The maximum Gasteiger partial charge on any atom is 0.175 e. The first-order chi connectivity index (χ1) is 7.29. The van der Waals surface area contributed by atoms with Crippen molar-refractivity contribution in [1.82, 2.24) is 25.3 Å². The minimum absolute atomic E-state index is 0.726. The number of aromatic nitrogens is 4. The van der Waals surface area contributed by atoms with Crippen molar-refractivity contribution in [1.29, 1.82) is 0 Å². The van der Waals surface area contributed by atoms with Gasteiger partial charge < -0.3 is 5.32 Å². The Bertz CT molecular complexity index is 436. The van der Waals surface area contributed by atoms with E-state index >= 15 is 0 Å². The number of nitrogens with zero attached hydrogens (tertiary/aromatic N) is 4. The van der Waals surface area contributed by atoms with Crippen molar-refractivity contribution in [2.24, 2.45) is 0 Å². The Kier molecular flexibility index (Phi) is 3.27. The molecule has 0 radical (unpaired) electrons. The van der Waals surface area contributed by atoms with E-state index in [0.717, 1.165) is 21.6 Å². The van der Waals surface area contributed by atoms with Gasteiger partial charge in [0.15, 0.2) is 5.82 Å². The van der Waals surface area contributed by atoms with Crippen LogP contribution in [0.25, 0.3) is 5.82 Å². The lowest BCUT2D eigenvalue weighted by Crippen LogP contribution is -2.09. The Morgan fingerprint density at radius 2 is 2.27 bits per heavy atom. The van der Waals surface area contributed by atoms with Crippen molar-refractivity contribution >= 4 is 22.6 Å². The summed E-state index contributed by atoms with van der Waals surface area (Å²) in [5, 5.41) is 15.3. The van der Waals surface area contributed by atoms with Crippen LogP contribution in [-0.4, -0.2) is 27.0 Å². The van der Waals surface area contributed by atoms with Crippen molar-refractivity contribution < 1.29 is 0 Å². The molecule has 2 heterocycles. The SMILES string of the molecule is CNCc1ccc(-n2cc(I)cn2)nn1. The Hall–Kier alpha value is -1.02. The third-order valence-corrected chi connectivity index (χ3v) is 2.41. The van der Waals surface area contributed by atoms with E-state index < -0.39 is 0 Å². The molecule has 0 aromatic carbocycles. The fourth-order valence-electron chi connectivity index (χ4n) is 1.18. The van der Waals surface area contributed by atoms with Gasteiger partial charge in [-0.1, -0.05) is 0 Å². The van der Waals surface area contributed by atoms with Crippen molar-refractivity contribution in [3.8, 4) is 5.82 Å². The molecule has 2 aromatic heterocycles. The Morgan fingerprint density at radius 3 is 2.80 bits per heavy atom. The number of nitrogens with one attached hydrogen (secondary N) is 1. The minimum Gasteiger partial charge on any atom is -0.314 e. The van der Waals surface area contributed by atoms with Crippen LogP contribution in [0.5, 0.6) is 0 Å². The summed E-state index contributed by atoms with van der Waals surface area (Å²) >= 11 is 2.21. The van der Waals surface area contributed by atoms with Crippen LogP contribution in [0.3, 0.4) is 0 Å². The molecule has 1 N–H and O–H groups in total. The van der Waals surface area contributed by atoms with Crippen LogP contribution in [0.1, 0.15) is 5.69 Å². The van der Waals surface area contributed by atoms with Crippen LogP contribution >= 0.6 is 22.6 Å². The second-order valence-electron chi connectivity index (χ2n) is 3.02. The van der Waals surface area contributed by atoms with Crippen LogP contribution in [0.4, 0.5) is 0 Å². The van der Waals surface area contributed by atoms with E-state index in [9.17, 15) is 0 Å². The molecule has 5 nitrogen and oxygen atoms in total. The van der Waals surface area contributed by atoms with Crippen molar-refractivity contribution in [2.75, 3.05) is 7.05 Å². The summed E-state index contributed by atoms with van der Waals surface area (Å²) in [6, 6.07) is 3.84. The van der Waals surface area contributed by atoms with Gasteiger partial charge in [-0.2, -0.15) is 10.2 Å². The molecule has 15 heavy (non-hydrogen) atoms. The van der Waals surface area contributed by atoms with Gasteiger partial charge in [0.2, 0.25) is 0 Å². The summed E-state index contributed by atoms with van der Waals surface area (Å²) in [5.41, 5.74) is 0.920. The van der Waals surface area contributed by atoms with E-state index in [0.29, 0.717) is 0 Å². The van der Waals surface area contributed by atoms with Crippen LogP contribution in [0.15, 0.2) is 24.5 Å². The molecule has 0 fully saturated rings. The van der Waals surface area contributed by atoms with E-state index in [2.05, 4.69) is 43.2 Å². The van der Waals surface area contributed by atoms with E-state index in [1.807, 2.05) is 25.4 Å². The molecule has 0 saturated heterocycles. The fourth-order valence-corrected chi connectivity index (χ4v) is 1.56. The first-order valence-electron chi connectivity index (χ1n) is 4.47. The van der Waals surface area contributed by atoms with E-state index in [4.69, 9.17) is 0 Å². The average molecular weight is 315 g/mol. The third-order valence-electron chi connectivity index (χ3n) is 1.85. The lowest BCUT2D eigenvalue weighted by atomic mass is 10.4. The van der Waals surface area contributed by atoms with Crippen LogP contribution in [0, 0.1) is 3.57 Å². The molecule has 0 bridgehead atoms. The molecule has 0 aliphatic carbocycles. The largest absolute Gasteiger partial charge is 0.314 e. The highest BCUT2D eigenvalue weighted by Crippen LogP contribution is 2.06. The summed E-state index contributed by atoms with van der Waals surface area (Å²) in [7, 11) is 1.88. The van der Waals surface area contributed by atoms with E-state index in [1.54, 1.807) is 10.9 Å². The summed E-state index contributed by atoms with van der Waals surface area (Å²) in [5.74, 6) is 0.734. The molecule has 2 rings (SSSR count). The standard InChI is InChI=1S/C9H10IN5/c1-11-5-8-2-3-9(14-13-8)15-6-7(10)4-12-15/h2-4,6,11H,5H2,1H3. The lowest BCUT2D eigenvalue weighted by molar-refractivity contribution is 0.745. The second kappa shape index (κ2) is 4.67. The summed E-state index contributed by atoms with van der Waals surface area (Å²) in [4.78, 5) is 0. The normalized spacial score (nSPS) is 10.5. The first kappa shape index (κ1) is 10.5. The number of hydrogen-bond donors (Lipinski definition) is 1. The third kappa shape index (κ3) is 2.51. The smallest absolute Gasteiger partial charge is 0.175 e. The first-order valence-corrected chi connectivity index (χ1v) is 5.55. The highest BCUT2D eigenvalue weighted by atomic mass is 127. The molecular weight excluding hydrogens is 305 g/mol. The van der Waals surface area contributed by atoms with Gasteiger partial charge in [-0.15, -0.1) is 5.10 Å². The van der Waals surface area contributed by atoms with Crippen molar-refractivity contribution in [2.45, 2.75) is 6.54 Å². The Morgan fingerprint density at radius 1 is 1.40 bits per heavy atom. The van der Waals surface area contributed by atoms with Gasteiger partial charge in [-0.3, -0.25) is 0 Å². The summed E-state index contributed by atoms with van der Waals surface area (Å²) in [6.45, 7) is 0.726. The van der Waals surface area contributed by atoms with E-state index in [1.165, 1.54) is 0 Å². The number of hydrogen-bond acceptors (Lipinski definition) is 4. The molecule has 0 aliphatic rings. The maximum absolute atomic E-state index is 4.15. The van der Waals surface area contributed by atoms with Crippen LogP contribution < -0.4 is 5.32 Å². The second-order valence-corrected chi connectivity index (χ2v) is 4.26. The molecule has 0 saturated carbocycles. The molecule has 2 aromatic rings. The lowest BCUT2D eigenvalue weighted by Gasteiger charge is -2.00. The zero-order valence-corrected chi connectivity index (χ0v) is 10.3. The minimum atomic E-state index is 0.726. The quantitative estimate of drug-likeness (QED) is 0.858. The topological polar surface area (TPSA) is 55.6 Å². The fraction of sp³-hybridized carbons (Fsp3) is 0.222. The monoisotopic (exact) mass is 315 g/mol. The maximum atomic E-state index is 4.15. The zero-order valence-electron chi connectivity index (χ0n) is 8.18. The molecule has 0 aliphatic heterocycles. The predicted molar refractivity (Wildman–Crippen MR) is 64.6 cm³/mol. The molecule has 0 spiro atoms. The highest BCUT2D eigenvalue weighted by molar-refractivity contribution is 14.1. The summed E-state index contributed by atoms with van der Waals surface area (Å²) < 4.78 is 2.78. The molecule has 6 heteroatoms. The van der Waals surface area contributed by atoms with Gasteiger partial charge in [-0.05, 0) is 41.8 Å². The van der Waals surface area contributed by atoms with Gasteiger partial charge >= 0.3 is 0 Å². The number of rotatable bonds is 3. The van der Waals surface area contributed by atoms with E-state index in [-0.39, 0.29) is 0 Å². The predicted octanol–water partition coefficient (Wildman–Crippen LogP) is 0.986. The van der Waals surface area contributed by atoms with Gasteiger partial charge in [0.1, 0.15) is 0 Å². The highest BCUT2D eigenvalue weighted by Gasteiger charge is 2.01. The van der Waals surface area contributed by atoms with Gasteiger partial charge in [0, 0.05) is 12.7 Å². The molecule has 0 atom stereocenters. The molecule has 78 valence electrons. The molecule has 0 unspecified atom stereocenters. The zero-order chi connectivity index (χ0) is 10.7. The van der Waals surface area contributed by atoms with Crippen molar-refractivity contribution in [3.63, 3.8) is 0 Å². The van der Waals surface area contributed by atoms with Crippen molar-refractivity contribution in [3.05, 3.63) is 33.8 Å². The average Bonchev–Trinajstić information content (AvgIpc) is 2.67. The van der Waals surface area contributed by atoms with Crippen LogP contribution in [0.2, 0.25) is 0 Å². The van der Waals surface area contributed by atoms with Gasteiger partial charge in [0.05, 0.1) is 15.5 Å². The molecule has 0 amide bonds. The Labute approximate surface area is 101 Å². The Balaban J connectivity index is 2.23.